The summed E-state index contributed by atoms with van der Waals surface area (Å²) in [5, 5.41) is 7.23. The summed E-state index contributed by atoms with van der Waals surface area (Å²) in [6, 6.07) is 11.1. The van der Waals surface area contributed by atoms with Crippen LogP contribution in [0, 0.1) is 0 Å². The van der Waals surface area contributed by atoms with Crippen molar-refractivity contribution in [2.24, 2.45) is 0 Å². The average Bonchev–Trinajstić information content (AvgIpc) is 3.28. The van der Waals surface area contributed by atoms with Gasteiger partial charge in [-0.2, -0.15) is 5.10 Å². The number of rotatable bonds is 3. The fraction of sp³-hybridized carbons (Fsp3) is 0.211. The van der Waals surface area contributed by atoms with Crippen molar-refractivity contribution in [1.82, 2.24) is 19.7 Å². The molecule has 132 valence electrons. The van der Waals surface area contributed by atoms with Crippen molar-refractivity contribution < 1.29 is 9.59 Å². The van der Waals surface area contributed by atoms with Crippen LogP contribution >= 0.6 is 0 Å². The minimum atomic E-state index is -0.214. The number of nitrogens with zero attached hydrogens (tertiary/aromatic N) is 3. The van der Waals surface area contributed by atoms with Crippen LogP contribution in [0.15, 0.2) is 55.0 Å². The molecule has 7 nitrogen and oxygen atoms in total. The van der Waals surface area contributed by atoms with Gasteiger partial charge in [0.05, 0.1) is 29.6 Å². The first kappa shape index (κ1) is 16.1. The first-order valence-electron chi connectivity index (χ1n) is 8.55. The molecule has 0 radical (unpaired) electrons. The van der Waals surface area contributed by atoms with Crippen molar-refractivity contribution in [2.45, 2.75) is 19.5 Å². The SMILES string of the molecule is O=C(Nc1ccccc1)c1cnn2c1CN(C(=O)c1cc[nH]c1)CCC2. The van der Waals surface area contributed by atoms with E-state index in [9.17, 15) is 9.59 Å². The van der Waals surface area contributed by atoms with E-state index in [4.69, 9.17) is 0 Å². The van der Waals surface area contributed by atoms with E-state index >= 15 is 0 Å². The molecule has 26 heavy (non-hydrogen) atoms. The molecule has 1 aromatic carbocycles. The maximum atomic E-state index is 12.7. The molecule has 3 aromatic rings. The van der Waals surface area contributed by atoms with Crippen LogP contribution in [-0.2, 0) is 13.1 Å². The Kier molecular flexibility index (Phi) is 4.27. The number of aromatic nitrogens is 3. The molecule has 0 aliphatic carbocycles. The summed E-state index contributed by atoms with van der Waals surface area (Å²) in [7, 11) is 0. The molecule has 3 heterocycles. The molecule has 2 N–H and O–H groups in total. The molecule has 2 amide bonds. The van der Waals surface area contributed by atoms with Gasteiger partial charge in [-0.05, 0) is 24.6 Å². The lowest BCUT2D eigenvalue weighted by atomic mass is 10.2. The van der Waals surface area contributed by atoms with E-state index in [0.29, 0.717) is 30.8 Å². The van der Waals surface area contributed by atoms with Crippen molar-refractivity contribution in [2.75, 3.05) is 11.9 Å². The van der Waals surface area contributed by atoms with Gasteiger partial charge in [-0.25, -0.2) is 0 Å². The van der Waals surface area contributed by atoms with E-state index in [1.807, 2.05) is 35.0 Å². The van der Waals surface area contributed by atoms with Gasteiger partial charge >= 0.3 is 0 Å². The fourth-order valence-electron chi connectivity index (χ4n) is 3.16. The second kappa shape index (κ2) is 6.87. The number of aromatic amines is 1. The molecule has 0 unspecified atom stereocenters. The Morgan fingerprint density at radius 3 is 2.73 bits per heavy atom. The van der Waals surface area contributed by atoms with Gasteiger partial charge in [-0.3, -0.25) is 14.3 Å². The number of nitrogens with one attached hydrogen (secondary N) is 2. The maximum Gasteiger partial charge on any atom is 0.259 e. The van der Waals surface area contributed by atoms with Crippen LogP contribution < -0.4 is 5.32 Å². The number of aryl methyl sites for hydroxylation is 1. The van der Waals surface area contributed by atoms with Gasteiger partial charge in [0.25, 0.3) is 11.8 Å². The van der Waals surface area contributed by atoms with Crippen LogP contribution in [0.5, 0.6) is 0 Å². The van der Waals surface area contributed by atoms with Crippen LogP contribution in [0.25, 0.3) is 0 Å². The van der Waals surface area contributed by atoms with E-state index in [-0.39, 0.29) is 11.8 Å². The van der Waals surface area contributed by atoms with Gasteiger partial charge in [0.15, 0.2) is 0 Å². The van der Waals surface area contributed by atoms with Crippen molar-refractivity contribution in [3.05, 3.63) is 71.8 Å². The third-order valence-electron chi connectivity index (χ3n) is 4.50. The van der Waals surface area contributed by atoms with Crippen LogP contribution in [0.2, 0.25) is 0 Å². The smallest absolute Gasteiger partial charge is 0.259 e. The predicted molar refractivity (Wildman–Crippen MR) is 96.8 cm³/mol. The Morgan fingerprint density at radius 1 is 1.12 bits per heavy atom. The number of benzene rings is 1. The summed E-state index contributed by atoms with van der Waals surface area (Å²) in [6.07, 6.45) is 5.80. The summed E-state index contributed by atoms with van der Waals surface area (Å²) in [4.78, 5) is 30.1. The fourth-order valence-corrected chi connectivity index (χ4v) is 3.16. The number of hydrogen-bond acceptors (Lipinski definition) is 3. The normalized spacial score (nSPS) is 13.8. The molecule has 2 aromatic heterocycles. The third-order valence-corrected chi connectivity index (χ3v) is 4.50. The van der Waals surface area contributed by atoms with Crippen molar-refractivity contribution in [1.29, 1.82) is 0 Å². The van der Waals surface area contributed by atoms with Gasteiger partial charge < -0.3 is 15.2 Å². The highest BCUT2D eigenvalue weighted by atomic mass is 16.2. The molecule has 7 heteroatoms. The Balaban J connectivity index is 1.58. The molecule has 0 bridgehead atoms. The minimum absolute atomic E-state index is 0.0460. The highest BCUT2D eigenvalue weighted by Crippen LogP contribution is 2.20. The quantitative estimate of drug-likeness (QED) is 0.762. The van der Waals surface area contributed by atoms with Crippen molar-refractivity contribution in [3.8, 4) is 0 Å². The highest BCUT2D eigenvalue weighted by molar-refractivity contribution is 6.05. The average molecular weight is 349 g/mol. The summed E-state index contributed by atoms with van der Waals surface area (Å²) < 4.78 is 1.82. The summed E-state index contributed by atoms with van der Waals surface area (Å²) in [6.45, 7) is 1.68. The number of carbonyl (C=O) groups is 2. The lowest BCUT2D eigenvalue weighted by Gasteiger charge is -2.20. The van der Waals surface area contributed by atoms with Crippen LogP contribution in [0.1, 0.15) is 32.8 Å². The van der Waals surface area contributed by atoms with E-state index in [2.05, 4.69) is 15.4 Å². The molecule has 0 saturated carbocycles. The Bertz CT molecular complexity index is 915. The van der Waals surface area contributed by atoms with Gasteiger partial charge in [0.1, 0.15) is 0 Å². The Hall–Kier alpha value is -3.35. The number of para-hydroxylation sites is 1. The topological polar surface area (TPSA) is 83.0 Å². The van der Waals surface area contributed by atoms with Gasteiger partial charge in [0.2, 0.25) is 0 Å². The predicted octanol–water partition coefficient (Wildman–Crippen LogP) is 2.51. The molecule has 0 atom stereocenters. The van der Waals surface area contributed by atoms with E-state index in [0.717, 1.165) is 17.8 Å². The highest BCUT2D eigenvalue weighted by Gasteiger charge is 2.25. The van der Waals surface area contributed by atoms with Crippen molar-refractivity contribution >= 4 is 17.5 Å². The molecule has 4 rings (SSSR count). The van der Waals surface area contributed by atoms with Gasteiger partial charge in [0, 0.05) is 31.2 Å². The van der Waals surface area contributed by atoms with Gasteiger partial charge in [-0.1, -0.05) is 18.2 Å². The lowest BCUT2D eigenvalue weighted by molar-refractivity contribution is 0.0744. The number of amides is 2. The minimum Gasteiger partial charge on any atom is -0.367 e. The summed E-state index contributed by atoms with van der Waals surface area (Å²) in [5.41, 5.74) is 2.61. The molecular formula is C19H19N5O2. The molecule has 1 aliphatic rings. The summed E-state index contributed by atoms with van der Waals surface area (Å²) in [5.74, 6) is -0.260. The van der Waals surface area contributed by atoms with E-state index in [1.54, 1.807) is 29.6 Å². The maximum absolute atomic E-state index is 12.7. The first-order chi connectivity index (χ1) is 12.7. The zero-order chi connectivity index (χ0) is 17.9. The second-order valence-electron chi connectivity index (χ2n) is 6.23. The first-order valence-corrected chi connectivity index (χ1v) is 8.55. The Morgan fingerprint density at radius 2 is 1.96 bits per heavy atom. The van der Waals surface area contributed by atoms with Crippen LogP contribution in [0.3, 0.4) is 0 Å². The molecule has 1 aliphatic heterocycles. The largest absolute Gasteiger partial charge is 0.367 e. The third kappa shape index (κ3) is 3.11. The van der Waals surface area contributed by atoms with Crippen LogP contribution in [-0.4, -0.2) is 38.0 Å². The van der Waals surface area contributed by atoms with Gasteiger partial charge in [-0.15, -0.1) is 0 Å². The number of H-pyrrole nitrogens is 1. The molecule has 0 spiro atoms. The number of fused-ring (bicyclic) bond motifs is 1. The monoisotopic (exact) mass is 349 g/mol. The number of hydrogen-bond donors (Lipinski definition) is 2. The molecular weight excluding hydrogens is 330 g/mol. The second-order valence-corrected chi connectivity index (χ2v) is 6.23. The summed E-state index contributed by atoms with van der Waals surface area (Å²) >= 11 is 0. The van der Waals surface area contributed by atoms with Crippen molar-refractivity contribution in [3.63, 3.8) is 0 Å². The lowest BCUT2D eigenvalue weighted by Crippen LogP contribution is -2.31. The number of carbonyl (C=O) groups excluding carboxylic acids is 2. The zero-order valence-electron chi connectivity index (χ0n) is 14.2. The molecule has 0 fully saturated rings. The molecule has 0 saturated heterocycles. The van der Waals surface area contributed by atoms with Crippen LogP contribution in [0.4, 0.5) is 5.69 Å². The Labute approximate surface area is 150 Å². The number of anilines is 1. The van der Waals surface area contributed by atoms with E-state index in [1.165, 1.54) is 0 Å². The van der Waals surface area contributed by atoms with E-state index < -0.39 is 0 Å². The standard InChI is InChI=1S/C19H19N5O2/c25-18(22-15-5-2-1-3-6-15)16-12-21-24-10-4-9-23(13-17(16)24)19(26)14-7-8-20-11-14/h1-3,5-8,11-12,20H,4,9-10,13H2,(H,22,25). The zero-order valence-corrected chi connectivity index (χ0v) is 14.2.